The van der Waals surface area contributed by atoms with Crippen LogP contribution in [0, 0.1) is 5.82 Å². The predicted octanol–water partition coefficient (Wildman–Crippen LogP) is 3.11. The van der Waals surface area contributed by atoms with Crippen LogP contribution in [0.2, 0.25) is 0 Å². The number of fused-ring (bicyclic) bond motifs is 1. The van der Waals surface area contributed by atoms with Gasteiger partial charge >= 0.3 is 0 Å². The van der Waals surface area contributed by atoms with Gasteiger partial charge in [0.15, 0.2) is 5.65 Å². The van der Waals surface area contributed by atoms with E-state index in [0.29, 0.717) is 16.7 Å². The van der Waals surface area contributed by atoms with Gasteiger partial charge in [-0.2, -0.15) is 0 Å². The number of pyridine rings is 2. The van der Waals surface area contributed by atoms with Gasteiger partial charge in [-0.05, 0) is 41.5 Å². The largest absolute Gasteiger partial charge is 0.363 e. The molecule has 3 aromatic heterocycles. The van der Waals surface area contributed by atoms with Gasteiger partial charge in [-0.3, -0.25) is 9.36 Å². The molecule has 0 aliphatic carbocycles. The summed E-state index contributed by atoms with van der Waals surface area (Å²) in [6, 6.07) is 12.3. The van der Waals surface area contributed by atoms with Crippen molar-refractivity contribution in [2.75, 3.05) is 19.0 Å². The Bertz CT molecular complexity index is 1220. The van der Waals surface area contributed by atoms with Gasteiger partial charge in [-0.25, -0.2) is 19.3 Å². The Kier molecular flexibility index (Phi) is 4.57. The molecule has 7 heteroatoms. The third-order valence-corrected chi connectivity index (χ3v) is 4.54. The zero-order valence-corrected chi connectivity index (χ0v) is 15.5. The Hall–Kier alpha value is -3.61. The maximum absolute atomic E-state index is 14.8. The second-order valence-corrected chi connectivity index (χ2v) is 6.63. The van der Waals surface area contributed by atoms with E-state index in [1.807, 2.05) is 37.2 Å². The molecule has 0 spiro atoms. The highest BCUT2D eigenvalue weighted by molar-refractivity contribution is 5.70. The monoisotopic (exact) mass is 375 g/mol. The lowest BCUT2D eigenvalue weighted by Crippen LogP contribution is -2.21. The maximum atomic E-state index is 14.8. The first kappa shape index (κ1) is 17.8. The van der Waals surface area contributed by atoms with Crippen molar-refractivity contribution >= 4 is 17.0 Å². The molecule has 0 amide bonds. The molecule has 0 aliphatic rings. The third-order valence-electron chi connectivity index (χ3n) is 4.54. The summed E-state index contributed by atoms with van der Waals surface area (Å²) in [4.78, 5) is 26.6. The van der Waals surface area contributed by atoms with Gasteiger partial charge in [-0.15, -0.1) is 0 Å². The number of nitrogens with zero attached hydrogens (tertiary/aromatic N) is 5. The van der Waals surface area contributed by atoms with Gasteiger partial charge in [0.05, 0.1) is 18.3 Å². The molecule has 0 saturated heterocycles. The highest BCUT2D eigenvalue weighted by Gasteiger charge is 2.11. The first-order chi connectivity index (χ1) is 13.5. The maximum Gasteiger partial charge on any atom is 0.269 e. The van der Waals surface area contributed by atoms with Gasteiger partial charge in [0, 0.05) is 32.1 Å². The van der Waals surface area contributed by atoms with E-state index < -0.39 is 0 Å². The number of anilines is 1. The molecule has 140 valence electrons. The zero-order valence-electron chi connectivity index (χ0n) is 15.5. The first-order valence-electron chi connectivity index (χ1n) is 8.75. The number of benzene rings is 1. The Balaban J connectivity index is 1.71. The first-order valence-corrected chi connectivity index (χ1v) is 8.75. The Morgan fingerprint density at radius 1 is 1.00 bits per heavy atom. The molecular weight excluding hydrogens is 357 g/mol. The van der Waals surface area contributed by atoms with Gasteiger partial charge in [0.25, 0.3) is 5.56 Å². The summed E-state index contributed by atoms with van der Waals surface area (Å²) in [5.74, 6) is 0.422. The second kappa shape index (κ2) is 7.19. The lowest BCUT2D eigenvalue weighted by atomic mass is 10.0. The summed E-state index contributed by atoms with van der Waals surface area (Å²) in [6.07, 6.45) is 4.52. The van der Waals surface area contributed by atoms with E-state index in [1.54, 1.807) is 30.6 Å². The van der Waals surface area contributed by atoms with Crippen LogP contribution < -0.4 is 10.5 Å². The molecule has 1 aromatic carbocycles. The minimum absolute atomic E-state index is 0.106. The van der Waals surface area contributed by atoms with E-state index >= 15 is 0 Å². The molecule has 28 heavy (non-hydrogen) atoms. The van der Waals surface area contributed by atoms with Gasteiger partial charge in [0.1, 0.15) is 11.6 Å². The molecule has 4 rings (SSSR count). The summed E-state index contributed by atoms with van der Waals surface area (Å²) < 4.78 is 16.3. The number of aromatic nitrogens is 4. The molecule has 0 aliphatic heterocycles. The van der Waals surface area contributed by atoms with Crippen molar-refractivity contribution in [3.63, 3.8) is 0 Å². The van der Waals surface area contributed by atoms with E-state index in [1.165, 1.54) is 16.8 Å². The van der Waals surface area contributed by atoms with E-state index in [-0.39, 0.29) is 17.9 Å². The van der Waals surface area contributed by atoms with Gasteiger partial charge in [-0.1, -0.05) is 12.1 Å². The standard InChI is InChI=1S/C21H18FN5O/c1-26(2)19-11-15(7-9-23-19)14-5-6-16(17(22)10-14)13-27-18-4-3-8-24-21(18)25-12-20(27)28/h3-12H,13H2,1-2H3. The summed E-state index contributed by atoms with van der Waals surface area (Å²) in [7, 11) is 3.81. The molecule has 0 radical (unpaired) electrons. The lowest BCUT2D eigenvalue weighted by molar-refractivity contribution is 0.599. The van der Waals surface area contributed by atoms with Gasteiger partial charge < -0.3 is 4.90 Å². The van der Waals surface area contributed by atoms with E-state index in [0.717, 1.165) is 16.9 Å². The predicted molar refractivity (Wildman–Crippen MR) is 107 cm³/mol. The lowest BCUT2D eigenvalue weighted by Gasteiger charge is -2.13. The van der Waals surface area contributed by atoms with Crippen LogP contribution in [0.1, 0.15) is 5.56 Å². The summed E-state index contributed by atoms with van der Waals surface area (Å²) in [6.45, 7) is 0.106. The highest BCUT2D eigenvalue weighted by atomic mass is 19.1. The van der Waals surface area contributed by atoms with Crippen LogP contribution in [0.25, 0.3) is 22.3 Å². The van der Waals surface area contributed by atoms with Crippen LogP contribution >= 0.6 is 0 Å². The van der Waals surface area contributed by atoms with E-state index in [4.69, 9.17) is 0 Å². The van der Waals surface area contributed by atoms with Crippen molar-refractivity contribution in [3.05, 3.63) is 82.8 Å². The van der Waals surface area contributed by atoms with Crippen molar-refractivity contribution in [1.82, 2.24) is 19.5 Å². The van der Waals surface area contributed by atoms with Crippen molar-refractivity contribution in [2.45, 2.75) is 6.54 Å². The average molecular weight is 375 g/mol. The molecule has 0 atom stereocenters. The fourth-order valence-corrected chi connectivity index (χ4v) is 3.03. The number of hydrogen-bond donors (Lipinski definition) is 0. The van der Waals surface area contributed by atoms with Crippen molar-refractivity contribution < 1.29 is 4.39 Å². The normalized spacial score (nSPS) is 11.0. The quantitative estimate of drug-likeness (QED) is 0.548. The fraction of sp³-hybridized carbons (Fsp3) is 0.143. The molecule has 3 heterocycles. The molecule has 0 bridgehead atoms. The smallest absolute Gasteiger partial charge is 0.269 e. The van der Waals surface area contributed by atoms with E-state index in [2.05, 4.69) is 15.0 Å². The van der Waals surface area contributed by atoms with Crippen LogP contribution in [-0.2, 0) is 6.54 Å². The van der Waals surface area contributed by atoms with E-state index in [9.17, 15) is 9.18 Å². The average Bonchev–Trinajstić information content (AvgIpc) is 2.71. The van der Waals surface area contributed by atoms with Gasteiger partial charge in [0.2, 0.25) is 0 Å². The molecular formula is C21H18FN5O. The summed E-state index contributed by atoms with van der Waals surface area (Å²) >= 11 is 0. The van der Waals surface area contributed by atoms with Crippen LogP contribution in [-0.4, -0.2) is 33.6 Å². The Morgan fingerprint density at radius 2 is 1.82 bits per heavy atom. The molecule has 0 saturated carbocycles. The van der Waals surface area contributed by atoms with Crippen LogP contribution in [0.3, 0.4) is 0 Å². The Labute approximate surface area is 160 Å². The SMILES string of the molecule is CN(C)c1cc(-c2ccc(Cn3c(=O)cnc4ncccc43)c(F)c2)ccn1. The Morgan fingerprint density at radius 3 is 2.61 bits per heavy atom. The third kappa shape index (κ3) is 3.34. The van der Waals surface area contributed by atoms with Crippen molar-refractivity contribution in [1.29, 1.82) is 0 Å². The summed E-state index contributed by atoms with van der Waals surface area (Å²) in [5.41, 5.74) is 2.77. The zero-order chi connectivity index (χ0) is 19.7. The highest BCUT2D eigenvalue weighted by Crippen LogP contribution is 2.25. The second-order valence-electron chi connectivity index (χ2n) is 6.63. The van der Waals surface area contributed by atoms with Crippen LogP contribution in [0.5, 0.6) is 0 Å². The molecule has 6 nitrogen and oxygen atoms in total. The minimum atomic E-state index is -0.374. The minimum Gasteiger partial charge on any atom is -0.363 e. The number of halogens is 1. The molecule has 0 unspecified atom stereocenters. The molecule has 0 fully saturated rings. The molecule has 4 aromatic rings. The topological polar surface area (TPSA) is 63.9 Å². The summed E-state index contributed by atoms with van der Waals surface area (Å²) in [5, 5.41) is 0. The van der Waals surface area contributed by atoms with Crippen LogP contribution in [0.4, 0.5) is 10.2 Å². The van der Waals surface area contributed by atoms with Crippen molar-refractivity contribution in [3.8, 4) is 11.1 Å². The number of hydrogen-bond acceptors (Lipinski definition) is 5. The molecule has 0 N–H and O–H groups in total. The number of rotatable bonds is 4. The fourth-order valence-electron chi connectivity index (χ4n) is 3.03. The van der Waals surface area contributed by atoms with Crippen LogP contribution in [0.15, 0.2) is 65.8 Å². The van der Waals surface area contributed by atoms with Crippen molar-refractivity contribution in [2.24, 2.45) is 0 Å².